The largest absolute Gasteiger partial charge is 0.328 e. The first-order valence-corrected chi connectivity index (χ1v) is 11.4. The van der Waals surface area contributed by atoms with Crippen molar-refractivity contribution >= 4 is 29.2 Å². The summed E-state index contributed by atoms with van der Waals surface area (Å²) in [4.78, 5) is 40.9. The Morgan fingerprint density at radius 3 is 2.47 bits per heavy atom. The van der Waals surface area contributed by atoms with Gasteiger partial charge in [-0.2, -0.15) is 4.37 Å². The average molecular weight is 478 g/mol. The molecule has 34 heavy (non-hydrogen) atoms. The van der Waals surface area contributed by atoms with Crippen LogP contribution in [0.15, 0.2) is 48.8 Å². The Hall–Kier alpha value is -3.99. The Morgan fingerprint density at radius 1 is 1.06 bits per heavy atom. The van der Waals surface area contributed by atoms with E-state index in [0.29, 0.717) is 52.4 Å². The van der Waals surface area contributed by atoms with Crippen LogP contribution in [0.4, 0.5) is 10.2 Å². The third kappa shape index (κ3) is 3.94. The van der Waals surface area contributed by atoms with Gasteiger partial charge in [-0.15, -0.1) is 0 Å². The standard InChI is InChI=1S/C23H20FN7O2S/c1-13-18-19(28-21(32)15-7-9-25-10-8-15)27-20(22-26-14(2)29-34-22)31(18)12-11-30(13)23(33)16-3-5-17(24)6-4-16/h3-10,13H,11-12H2,1-2H3,(H,28,32). The third-order valence-corrected chi connectivity index (χ3v) is 6.48. The molecule has 3 aromatic heterocycles. The van der Waals surface area contributed by atoms with E-state index in [-0.39, 0.29) is 11.8 Å². The van der Waals surface area contributed by atoms with E-state index in [0.717, 1.165) is 0 Å². The van der Waals surface area contributed by atoms with Gasteiger partial charge in [-0.05, 0) is 61.8 Å². The zero-order chi connectivity index (χ0) is 23.8. The van der Waals surface area contributed by atoms with E-state index < -0.39 is 11.9 Å². The number of carbonyl (C=O) groups excluding carboxylic acids is 2. The molecule has 1 N–H and O–H groups in total. The van der Waals surface area contributed by atoms with E-state index in [1.807, 2.05) is 11.5 Å². The van der Waals surface area contributed by atoms with Crippen LogP contribution >= 0.6 is 11.5 Å². The molecule has 0 saturated heterocycles. The van der Waals surface area contributed by atoms with Gasteiger partial charge in [0.05, 0.1) is 11.7 Å². The summed E-state index contributed by atoms with van der Waals surface area (Å²) in [7, 11) is 0. The Bertz CT molecular complexity index is 1370. The highest BCUT2D eigenvalue weighted by Crippen LogP contribution is 2.37. The van der Waals surface area contributed by atoms with Crippen molar-refractivity contribution in [3.63, 3.8) is 0 Å². The molecular weight excluding hydrogens is 457 g/mol. The van der Waals surface area contributed by atoms with Gasteiger partial charge in [-0.1, -0.05) is 0 Å². The molecule has 0 aliphatic carbocycles. The molecule has 1 aliphatic rings. The van der Waals surface area contributed by atoms with Crippen molar-refractivity contribution < 1.29 is 14.0 Å². The van der Waals surface area contributed by atoms with Crippen molar-refractivity contribution in [2.75, 3.05) is 11.9 Å². The van der Waals surface area contributed by atoms with Crippen molar-refractivity contribution in [3.05, 3.63) is 77.3 Å². The number of pyridine rings is 1. The molecule has 0 spiro atoms. The summed E-state index contributed by atoms with van der Waals surface area (Å²) < 4.78 is 19.6. The summed E-state index contributed by atoms with van der Waals surface area (Å²) in [5, 5.41) is 3.52. The summed E-state index contributed by atoms with van der Waals surface area (Å²) in [6.45, 7) is 4.56. The van der Waals surface area contributed by atoms with Crippen LogP contribution < -0.4 is 5.32 Å². The lowest BCUT2D eigenvalue weighted by Crippen LogP contribution is -2.41. The maximum atomic E-state index is 13.4. The number of fused-ring (bicyclic) bond motifs is 1. The summed E-state index contributed by atoms with van der Waals surface area (Å²) in [5.74, 6) is 0.619. The predicted octanol–water partition coefficient (Wildman–Crippen LogP) is 3.71. The molecule has 1 aliphatic heterocycles. The highest BCUT2D eigenvalue weighted by atomic mass is 32.1. The van der Waals surface area contributed by atoms with Gasteiger partial charge in [0.2, 0.25) is 0 Å². The SMILES string of the molecule is Cc1nsc(-c2nc(NC(=O)c3ccncc3)c3n2CCN(C(=O)c2ccc(F)cc2)C3C)n1. The lowest BCUT2D eigenvalue weighted by atomic mass is 10.1. The van der Waals surface area contributed by atoms with Gasteiger partial charge < -0.3 is 14.8 Å². The number of hydrogen-bond acceptors (Lipinski definition) is 7. The molecule has 1 aromatic carbocycles. The molecule has 1 unspecified atom stereocenters. The van der Waals surface area contributed by atoms with E-state index in [4.69, 9.17) is 4.98 Å². The Kier molecular flexibility index (Phi) is 5.62. The fourth-order valence-corrected chi connectivity index (χ4v) is 4.70. The molecule has 172 valence electrons. The number of carbonyl (C=O) groups is 2. The molecule has 1 atom stereocenters. The summed E-state index contributed by atoms with van der Waals surface area (Å²) in [5.41, 5.74) is 1.52. The normalized spacial score (nSPS) is 15.1. The van der Waals surface area contributed by atoms with Gasteiger partial charge in [-0.3, -0.25) is 14.6 Å². The lowest BCUT2D eigenvalue weighted by molar-refractivity contribution is 0.0646. The minimum Gasteiger partial charge on any atom is -0.328 e. The summed E-state index contributed by atoms with van der Waals surface area (Å²) in [6, 6.07) is 8.29. The van der Waals surface area contributed by atoms with Crippen molar-refractivity contribution in [2.24, 2.45) is 0 Å². The first kappa shape index (κ1) is 21.8. The van der Waals surface area contributed by atoms with Gasteiger partial charge in [0.25, 0.3) is 11.8 Å². The number of aryl methyl sites for hydroxylation is 1. The smallest absolute Gasteiger partial charge is 0.256 e. The van der Waals surface area contributed by atoms with Crippen LogP contribution in [-0.4, -0.2) is 47.2 Å². The second kappa shape index (κ2) is 8.75. The van der Waals surface area contributed by atoms with Gasteiger partial charge in [0.15, 0.2) is 16.6 Å². The zero-order valence-corrected chi connectivity index (χ0v) is 19.2. The molecule has 2 amide bonds. The molecule has 0 radical (unpaired) electrons. The number of amides is 2. The van der Waals surface area contributed by atoms with Crippen molar-refractivity contribution in [3.8, 4) is 10.8 Å². The monoisotopic (exact) mass is 477 g/mol. The lowest BCUT2D eigenvalue weighted by Gasteiger charge is -2.35. The average Bonchev–Trinajstić information content (AvgIpc) is 3.44. The number of rotatable bonds is 4. The number of hydrogen-bond donors (Lipinski definition) is 1. The maximum Gasteiger partial charge on any atom is 0.256 e. The molecule has 0 saturated carbocycles. The number of anilines is 1. The van der Waals surface area contributed by atoms with Crippen LogP contribution in [0.3, 0.4) is 0 Å². The van der Waals surface area contributed by atoms with Crippen LogP contribution in [0, 0.1) is 12.7 Å². The van der Waals surface area contributed by atoms with Gasteiger partial charge in [0.1, 0.15) is 11.6 Å². The zero-order valence-electron chi connectivity index (χ0n) is 18.4. The molecule has 4 aromatic rings. The van der Waals surface area contributed by atoms with Crippen LogP contribution in [0.5, 0.6) is 0 Å². The highest BCUT2D eigenvalue weighted by molar-refractivity contribution is 7.09. The number of halogens is 1. The van der Waals surface area contributed by atoms with E-state index in [9.17, 15) is 14.0 Å². The van der Waals surface area contributed by atoms with E-state index >= 15 is 0 Å². The number of benzene rings is 1. The Morgan fingerprint density at radius 2 is 1.79 bits per heavy atom. The first-order chi connectivity index (χ1) is 16.4. The van der Waals surface area contributed by atoms with E-state index in [2.05, 4.69) is 19.7 Å². The van der Waals surface area contributed by atoms with Crippen LogP contribution in [0.25, 0.3) is 10.8 Å². The Labute approximate surface area is 198 Å². The second-order valence-electron chi connectivity index (χ2n) is 7.84. The molecule has 9 nitrogen and oxygen atoms in total. The van der Waals surface area contributed by atoms with E-state index in [1.165, 1.54) is 35.8 Å². The first-order valence-electron chi connectivity index (χ1n) is 10.6. The van der Waals surface area contributed by atoms with Gasteiger partial charge in [0, 0.05) is 36.6 Å². The summed E-state index contributed by atoms with van der Waals surface area (Å²) in [6.07, 6.45) is 3.08. The van der Waals surface area contributed by atoms with Crippen molar-refractivity contribution in [2.45, 2.75) is 26.4 Å². The maximum absolute atomic E-state index is 13.4. The fourth-order valence-electron chi connectivity index (χ4n) is 4.03. The Balaban J connectivity index is 1.54. The molecular formula is C23H20FN7O2S. The van der Waals surface area contributed by atoms with Gasteiger partial charge >= 0.3 is 0 Å². The number of nitrogens with zero attached hydrogens (tertiary/aromatic N) is 6. The van der Waals surface area contributed by atoms with Crippen LogP contribution in [0.1, 0.15) is 45.2 Å². The highest BCUT2D eigenvalue weighted by Gasteiger charge is 2.35. The summed E-state index contributed by atoms with van der Waals surface area (Å²) >= 11 is 1.23. The minimum absolute atomic E-state index is 0.223. The fraction of sp³-hybridized carbons (Fsp3) is 0.217. The number of aromatic nitrogens is 5. The predicted molar refractivity (Wildman–Crippen MR) is 124 cm³/mol. The van der Waals surface area contributed by atoms with Crippen LogP contribution in [0.2, 0.25) is 0 Å². The molecule has 11 heteroatoms. The number of nitrogens with one attached hydrogen (secondary N) is 1. The third-order valence-electron chi connectivity index (χ3n) is 5.68. The van der Waals surface area contributed by atoms with Crippen molar-refractivity contribution in [1.82, 2.24) is 28.8 Å². The topological polar surface area (TPSA) is 106 Å². The quantitative estimate of drug-likeness (QED) is 0.480. The minimum atomic E-state index is -0.408. The molecule has 0 bridgehead atoms. The van der Waals surface area contributed by atoms with E-state index in [1.54, 1.807) is 36.4 Å². The van der Waals surface area contributed by atoms with Crippen molar-refractivity contribution in [1.29, 1.82) is 0 Å². The second-order valence-corrected chi connectivity index (χ2v) is 8.59. The van der Waals surface area contributed by atoms with Gasteiger partial charge in [-0.25, -0.2) is 14.4 Å². The molecule has 0 fully saturated rings. The molecule has 5 rings (SSSR count). The number of imidazole rings is 1. The molecule has 4 heterocycles. The van der Waals surface area contributed by atoms with Crippen LogP contribution in [-0.2, 0) is 6.54 Å².